The fourth-order valence-corrected chi connectivity index (χ4v) is 25.1. The Morgan fingerprint density at radius 3 is 1.50 bits per heavy atom. The average molecular weight is 463 g/mol. The van der Waals surface area contributed by atoms with E-state index in [4.69, 9.17) is 0 Å². The first-order chi connectivity index (χ1) is 11.6. The SMILES string of the molecule is CC1=Cc2ccccc2[CH]1[Zr+2]1([CH]2C(C)=Cc3ccccc32)[CH2][CH]1C.[Cl-].[Cl-]. The molecule has 0 bridgehead atoms. The van der Waals surface area contributed by atoms with Crippen LogP contribution in [0.15, 0.2) is 59.7 Å². The van der Waals surface area contributed by atoms with Crippen LogP contribution < -0.4 is 24.8 Å². The molecule has 3 heteroatoms. The molecule has 3 atom stereocenters. The average Bonchev–Trinajstić information content (AvgIpc) is 2.94. The van der Waals surface area contributed by atoms with E-state index >= 15 is 0 Å². The summed E-state index contributed by atoms with van der Waals surface area (Å²) in [7, 11) is 0. The van der Waals surface area contributed by atoms with Gasteiger partial charge in [0, 0.05) is 0 Å². The Kier molecular flexibility index (Phi) is 5.48. The van der Waals surface area contributed by atoms with Crippen molar-refractivity contribution in [1.82, 2.24) is 0 Å². The zero-order valence-corrected chi connectivity index (χ0v) is 19.4. The van der Waals surface area contributed by atoms with Gasteiger partial charge in [0.05, 0.1) is 0 Å². The van der Waals surface area contributed by atoms with Gasteiger partial charge in [-0.05, 0) is 0 Å². The van der Waals surface area contributed by atoms with E-state index < -0.39 is 20.3 Å². The molecule has 5 rings (SSSR count). The number of hydrogen-bond donors (Lipinski definition) is 0. The first-order valence-corrected chi connectivity index (χ1v) is 15.2. The summed E-state index contributed by atoms with van der Waals surface area (Å²) < 4.78 is 4.09. The summed E-state index contributed by atoms with van der Waals surface area (Å²) in [5, 5.41) is 0. The maximum absolute atomic E-state index is 2.55. The first-order valence-electron chi connectivity index (χ1n) is 9.17. The van der Waals surface area contributed by atoms with Gasteiger partial charge in [0.15, 0.2) is 0 Å². The van der Waals surface area contributed by atoms with Gasteiger partial charge in [-0.3, -0.25) is 0 Å². The normalized spacial score (nSPS) is 27.9. The molecule has 26 heavy (non-hydrogen) atoms. The number of benzene rings is 2. The molecule has 134 valence electrons. The molecule has 2 aliphatic carbocycles. The maximum atomic E-state index is 2.55. The van der Waals surface area contributed by atoms with Crippen molar-refractivity contribution in [2.24, 2.45) is 0 Å². The van der Waals surface area contributed by atoms with Crippen LogP contribution in [0.25, 0.3) is 12.2 Å². The topological polar surface area (TPSA) is 0 Å². The van der Waals surface area contributed by atoms with E-state index in [-0.39, 0.29) is 24.8 Å². The molecule has 1 fully saturated rings. The van der Waals surface area contributed by atoms with Crippen LogP contribution in [0.3, 0.4) is 0 Å². The van der Waals surface area contributed by atoms with Gasteiger partial charge in [-0.15, -0.1) is 0 Å². The second kappa shape index (κ2) is 7.08. The third kappa shape index (κ3) is 2.66. The van der Waals surface area contributed by atoms with Crippen molar-refractivity contribution in [2.75, 3.05) is 0 Å². The van der Waals surface area contributed by atoms with Gasteiger partial charge in [-0.25, -0.2) is 0 Å². The number of rotatable bonds is 2. The van der Waals surface area contributed by atoms with E-state index in [9.17, 15) is 0 Å². The zero-order chi connectivity index (χ0) is 16.5. The van der Waals surface area contributed by atoms with E-state index in [0.29, 0.717) is 0 Å². The van der Waals surface area contributed by atoms with Gasteiger partial charge < -0.3 is 24.8 Å². The summed E-state index contributed by atoms with van der Waals surface area (Å²) in [5.74, 6) is 0. The van der Waals surface area contributed by atoms with Crippen molar-refractivity contribution in [2.45, 2.75) is 35.8 Å². The molecule has 2 aromatic carbocycles. The smallest absolute Gasteiger partial charge is 1.00 e. The standard InChI is InChI=1S/2C10H9.C3H6.2ClH.Zr/c2*1-8-6-9-4-2-3-5-10(9)7-8;1-3-2;;;/h2*2-7H,1H3;3H,1H2,2H3;2*1H;/q;;;;;+2/p-2. The molecule has 0 saturated carbocycles. The van der Waals surface area contributed by atoms with E-state index in [1.807, 2.05) is 0 Å². The van der Waals surface area contributed by atoms with Crippen LogP contribution in [0.5, 0.6) is 0 Å². The summed E-state index contributed by atoms with van der Waals surface area (Å²) in [4.78, 5) is 0. The fraction of sp³-hybridized carbons (Fsp3) is 0.304. The van der Waals surface area contributed by atoms with Crippen molar-refractivity contribution >= 4 is 12.2 Å². The van der Waals surface area contributed by atoms with Gasteiger partial charge in [0.1, 0.15) is 0 Å². The third-order valence-electron chi connectivity index (χ3n) is 6.78. The number of halogens is 2. The van der Waals surface area contributed by atoms with E-state index in [1.54, 1.807) is 26.4 Å². The molecule has 3 unspecified atom stereocenters. The third-order valence-corrected chi connectivity index (χ3v) is 22.8. The quantitative estimate of drug-likeness (QED) is 0.617. The van der Waals surface area contributed by atoms with Crippen LogP contribution in [0.4, 0.5) is 0 Å². The Labute approximate surface area is 174 Å². The summed E-state index contributed by atoms with van der Waals surface area (Å²) in [6, 6.07) is 18.3. The Bertz CT molecular complexity index is 844. The first kappa shape index (κ1) is 20.1. The van der Waals surface area contributed by atoms with E-state index in [0.717, 1.165) is 10.9 Å². The van der Waals surface area contributed by atoms with Crippen molar-refractivity contribution in [1.29, 1.82) is 0 Å². The summed E-state index contributed by atoms with van der Waals surface area (Å²) >= 11 is -2.39. The molecule has 1 saturated heterocycles. The Morgan fingerprint density at radius 2 is 1.12 bits per heavy atom. The van der Waals surface area contributed by atoms with Crippen molar-refractivity contribution in [3.05, 3.63) is 81.9 Å². The van der Waals surface area contributed by atoms with Crippen LogP contribution in [0, 0.1) is 0 Å². The molecule has 0 N–H and O–H groups in total. The minimum absolute atomic E-state index is 0. The van der Waals surface area contributed by atoms with Gasteiger partial charge in [0.2, 0.25) is 0 Å². The Hall–Kier alpha value is -0.617. The number of hydrogen-bond acceptors (Lipinski definition) is 0. The second-order valence-corrected chi connectivity index (χ2v) is 19.9. The molecule has 0 aromatic heterocycles. The van der Waals surface area contributed by atoms with Crippen LogP contribution in [0.2, 0.25) is 7.75 Å². The summed E-state index contributed by atoms with van der Waals surface area (Å²) in [5.41, 5.74) is 9.56. The zero-order valence-electron chi connectivity index (χ0n) is 15.5. The molecular weight excluding hydrogens is 438 g/mol. The Balaban J connectivity index is 0.000000980. The molecule has 1 heterocycles. The monoisotopic (exact) mass is 460 g/mol. The molecule has 3 aliphatic rings. The summed E-state index contributed by atoms with van der Waals surface area (Å²) in [6.07, 6.45) is 4.95. The molecule has 0 nitrogen and oxygen atoms in total. The Morgan fingerprint density at radius 1 is 0.731 bits per heavy atom. The summed E-state index contributed by atoms with van der Waals surface area (Å²) in [6.45, 7) is 7.35. The second-order valence-electron chi connectivity index (χ2n) is 8.12. The predicted molar refractivity (Wildman–Crippen MR) is 99.9 cm³/mol. The van der Waals surface area contributed by atoms with Crippen LogP contribution in [-0.2, 0) is 20.3 Å². The molecular formula is C23H24Cl2Zr. The molecule has 0 spiro atoms. The van der Waals surface area contributed by atoms with Crippen molar-refractivity contribution < 1.29 is 45.1 Å². The molecule has 1 aliphatic heterocycles. The molecule has 2 aromatic rings. The fourth-order valence-electron chi connectivity index (χ4n) is 5.83. The molecule has 0 amide bonds. The van der Waals surface area contributed by atoms with Gasteiger partial charge in [-0.1, -0.05) is 0 Å². The van der Waals surface area contributed by atoms with Gasteiger partial charge in [-0.2, -0.15) is 0 Å². The minimum atomic E-state index is -2.39. The van der Waals surface area contributed by atoms with Crippen LogP contribution in [-0.4, -0.2) is 0 Å². The van der Waals surface area contributed by atoms with Gasteiger partial charge in [0.25, 0.3) is 0 Å². The van der Waals surface area contributed by atoms with E-state index in [1.165, 1.54) is 11.1 Å². The largest absolute Gasteiger partial charge is 1.00 e. The van der Waals surface area contributed by atoms with Crippen LogP contribution >= 0.6 is 0 Å². The number of fused-ring (bicyclic) bond motifs is 2. The van der Waals surface area contributed by atoms with Crippen molar-refractivity contribution in [3.63, 3.8) is 0 Å². The number of allylic oxidation sites excluding steroid dienone is 2. The molecule has 0 radical (unpaired) electrons. The maximum Gasteiger partial charge on any atom is -1.00 e. The van der Waals surface area contributed by atoms with Crippen LogP contribution in [0.1, 0.15) is 50.3 Å². The van der Waals surface area contributed by atoms with E-state index in [2.05, 4.69) is 81.5 Å². The predicted octanol–water partition coefficient (Wildman–Crippen LogP) is 0.705. The minimum Gasteiger partial charge on any atom is -1.00 e. The van der Waals surface area contributed by atoms with Crippen molar-refractivity contribution in [3.8, 4) is 0 Å². The van der Waals surface area contributed by atoms with Gasteiger partial charge >= 0.3 is 150 Å².